The summed E-state index contributed by atoms with van der Waals surface area (Å²) < 4.78 is 23.3. The van der Waals surface area contributed by atoms with Gasteiger partial charge in [0.05, 0.1) is 10.6 Å². The summed E-state index contributed by atoms with van der Waals surface area (Å²) in [6, 6.07) is 12.5. The van der Waals surface area contributed by atoms with Gasteiger partial charge in [-0.3, -0.25) is 9.69 Å². The van der Waals surface area contributed by atoms with Crippen LogP contribution in [-0.4, -0.2) is 32.1 Å². The molecule has 0 fully saturated rings. The van der Waals surface area contributed by atoms with Crippen LogP contribution in [-0.2, 0) is 22.7 Å². The van der Waals surface area contributed by atoms with Gasteiger partial charge in [-0.25, -0.2) is 13.4 Å². The number of carbonyl (C=O) groups excluding carboxylic acids is 1. The third-order valence-corrected chi connectivity index (χ3v) is 7.20. The summed E-state index contributed by atoms with van der Waals surface area (Å²) in [5.74, 6) is -0.0991. The highest BCUT2D eigenvalue weighted by Crippen LogP contribution is 2.30. The number of aryl methyl sites for hydroxylation is 2. The fraction of sp³-hybridized carbons (Fsp3) is 0.217. The molecule has 1 aliphatic carbocycles. The van der Waals surface area contributed by atoms with Crippen LogP contribution in [0.4, 0.5) is 5.13 Å². The van der Waals surface area contributed by atoms with Gasteiger partial charge in [0.15, 0.2) is 15.0 Å². The number of sulfone groups is 1. The Morgan fingerprint density at radius 3 is 2.60 bits per heavy atom. The Morgan fingerprint density at radius 1 is 1.17 bits per heavy atom. The summed E-state index contributed by atoms with van der Waals surface area (Å²) in [5.41, 5.74) is 4.74. The smallest absolute Gasteiger partial charge is 0.260 e. The number of thiazole rings is 1. The lowest BCUT2D eigenvalue weighted by Gasteiger charge is -2.18. The average Bonchev–Trinajstić information content (AvgIpc) is 3.40. The van der Waals surface area contributed by atoms with E-state index in [0.717, 1.165) is 24.8 Å². The van der Waals surface area contributed by atoms with Crippen LogP contribution in [0.3, 0.4) is 0 Å². The predicted molar refractivity (Wildman–Crippen MR) is 121 cm³/mol. The van der Waals surface area contributed by atoms with E-state index in [0.29, 0.717) is 22.9 Å². The first kappa shape index (κ1) is 20.5. The molecule has 3 aromatic rings. The second-order valence-corrected chi connectivity index (χ2v) is 10.2. The van der Waals surface area contributed by atoms with E-state index in [4.69, 9.17) is 0 Å². The molecule has 154 valence electrons. The van der Waals surface area contributed by atoms with Crippen LogP contribution in [0.2, 0.25) is 0 Å². The standard InChI is InChI=1S/C23H22N2O3S2/c1-3-13-25(22(26)19-8-7-16-5-4-6-18(16)14-19)23-24-21(15-29-23)17-9-11-20(12-10-17)30(2,27)28/h3,7-12,14-15H,1,4-6,13H2,2H3. The van der Waals surface area contributed by atoms with Gasteiger partial charge in [-0.15, -0.1) is 17.9 Å². The van der Waals surface area contributed by atoms with Crippen molar-refractivity contribution < 1.29 is 13.2 Å². The van der Waals surface area contributed by atoms with Gasteiger partial charge in [-0.2, -0.15) is 0 Å². The normalized spacial score (nSPS) is 13.1. The maximum absolute atomic E-state index is 13.2. The zero-order chi connectivity index (χ0) is 21.3. The highest BCUT2D eigenvalue weighted by molar-refractivity contribution is 7.90. The molecule has 5 nitrogen and oxygen atoms in total. The Bertz CT molecular complexity index is 1210. The number of hydrogen-bond donors (Lipinski definition) is 0. The van der Waals surface area contributed by atoms with Crippen molar-refractivity contribution in [3.8, 4) is 11.3 Å². The predicted octanol–water partition coefficient (Wildman–Crippen LogP) is 4.54. The lowest BCUT2D eigenvalue weighted by molar-refractivity contribution is 0.0989. The number of nitrogens with zero attached hydrogens (tertiary/aromatic N) is 2. The number of benzene rings is 2. The van der Waals surface area contributed by atoms with Crippen LogP contribution >= 0.6 is 11.3 Å². The fourth-order valence-electron chi connectivity index (χ4n) is 3.63. The van der Waals surface area contributed by atoms with E-state index in [-0.39, 0.29) is 10.8 Å². The first-order valence-corrected chi connectivity index (χ1v) is 12.4. The Morgan fingerprint density at radius 2 is 1.90 bits per heavy atom. The molecule has 2 aromatic carbocycles. The Kier molecular flexibility index (Phi) is 5.58. The van der Waals surface area contributed by atoms with E-state index >= 15 is 0 Å². The summed E-state index contributed by atoms with van der Waals surface area (Å²) >= 11 is 1.38. The second-order valence-electron chi connectivity index (χ2n) is 7.35. The van der Waals surface area contributed by atoms with Crippen LogP contribution in [0.15, 0.2) is 65.4 Å². The largest absolute Gasteiger partial charge is 0.280 e. The Labute approximate surface area is 180 Å². The first-order chi connectivity index (χ1) is 14.4. The molecule has 7 heteroatoms. The number of anilines is 1. The summed E-state index contributed by atoms with van der Waals surface area (Å²) in [6.07, 6.45) is 6.10. The third kappa shape index (κ3) is 4.08. The van der Waals surface area contributed by atoms with E-state index in [2.05, 4.69) is 17.6 Å². The van der Waals surface area contributed by atoms with Crippen molar-refractivity contribution in [1.29, 1.82) is 0 Å². The molecule has 0 radical (unpaired) electrons. The number of rotatable bonds is 6. The molecule has 4 rings (SSSR count). The SMILES string of the molecule is C=CCN(C(=O)c1ccc2c(c1)CCC2)c1nc(-c2ccc(S(C)(=O)=O)cc2)cs1. The van der Waals surface area contributed by atoms with Crippen molar-refractivity contribution in [3.05, 3.63) is 77.2 Å². The molecule has 1 aromatic heterocycles. The van der Waals surface area contributed by atoms with Gasteiger partial charge in [0.2, 0.25) is 0 Å². The molecule has 0 spiro atoms. The zero-order valence-electron chi connectivity index (χ0n) is 16.7. The molecule has 30 heavy (non-hydrogen) atoms. The summed E-state index contributed by atoms with van der Waals surface area (Å²) in [7, 11) is -3.25. The van der Waals surface area contributed by atoms with Crippen LogP contribution < -0.4 is 4.90 Å². The number of aromatic nitrogens is 1. The van der Waals surface area contributed by atoms with E-state index in [1.54, 1.807) is 35.2 Å². The topological polar surface area (TPSA) is 67.3 Å². The van der Waals surface area contributed by atoms with Gasteiger partial charge in [0, 0.05) is 29.3 Å². The number of hydrogen-bond acceptors (Lipinski definition) is 5. The van der Waals surface area contributed by atoms with Crippen LogP contribution in [0.5, 0.6) is 0 Å². The Hall–Kier alpha value is -2.77. The highest BCUT2D eigenvalue weighted by atomic mass is 32.2. The molecule has 0 unspecified atom stereocenters. The van der Waals surface area contributed by atoms with Gasteiger partial charge in [0.1, 0.15) is 0 Å². The molecule has 0 N–H and O–H groups in total. The Balaban J connectivity index is 1.62. The minimum atomic E-state index is -3.25. The lowest BCUT2D eigenvalue weighted by atomic mass is 10.1. The van der Waals surface area contributed by atoms with Crippen molar-refractivity contribution in [3.63, 3.8) is 0 Å². The highest BCUT2D eigenvalue weighted by Gasteiger charge is 2.22. The monoisotopic (exact) mass is 438 g/mol. The molecule has 0 aliphatic heterocycles. The molecular formula is C23H22N2O3S2. The molecule has 1 amide bonds. The number of carbonyl (C=O) groups is 1. The van der Waals surface area contributed by atoms with Gasteiger partial charge < -0.3 is 0 Å². The van der Waals surface area contributed by atoms with Crippen molar-refractivity contribution in [1.82, 2.24) is 4.98 Å². The quantitative estimate of drug-likeness (QED) is 0.530. The van der Waals surface area contributed by atoms with Crippen LogP contribution in [0, 0.1) is 0 Å². The minimum absolute atomic E-state index is 0.0991. The van der Waals surface area contributed by atoms with Crippen molar-refractivity contribution in [2.75, 3.05) is 17.7 Å². The maximum Gasteiger partial charge on any atom is 0.260 e. The number of fused-ring (bicyclic) bond motifs is 1. The summed E-state index contributed by atoms with van der Waals surface area (Å²) in [4.78, 5) is 19.7. The fourth-order valence-corrected chi connectivity index (χ4v) is 5.10. The average molecular weight is 439 g/mol. The molecule has 0 saturated heterocycles. The first-order valence-electron chi connectivity index (χ1n) is 9.67. The molecule has 1 aliphatic rings. The molecule has 0 bridgehead atoms. The maximum atomic E-state index is 13.2. The van der Waals surface area contributed by atoms with Crippen LogP contribution in [0.1, 0.15) is 27.9 Å². The molecular weight excluding hydrogens is 416 g/mol. The van der Waals surface area contributed by atoms with Crippen LogP contribution in [0.25, 0.3) is 11.3 Å². The van der Waals surface area contributed by atoms with Gasteiger partial charge in [-0.1, -0.05) is 24.3 Å². The van der Waals surface area contributed by atoms with E-state index in [1.165, 1.54) is 28.7 Å². The van der Waals surface area contributed by atoms with Crippen molar-refractivity contribution in [2.24, 2.45) is 0 Å². The van der Waals surface area contributed by atoms with Gasteiger partial charge >= 0.3 is 0 Å². The number of amides is 1. The second kappa shape index (κ2) is 8.16. The molecule has 1 heterocycles. The van der Waals surface area contributed by atoms with E-state index in [9.17, 15) is 13.2 Å². The summed E-state index contributed by atoms with van der Waals surface area (Å²) in [5, 5.41) is 2.46. The van der Waals surface area contributed by atoms with E-state index < -0.39 is 9.84 Å². The van der Waals surface area contributed by atoms with Crippen molar-refractivity contribution >= 4 is 32.2 Å². The third-order valence-electron chi connectivity index (χ3n) is 5.20. The molecule has 0 atom stereocenters. The summed E-state index contributed by atoms with van der Waals surface area (Å²) in [6.45, 7) is 4.14. The lowest BCUT2D eigenvalue weighted by Crippen LogP contribution is -2.31. The minimum Gasteiger partial charge on any atom is -0.280 e. The molecule has 0 saturated carbocycles. The van der Waals surface area contributed by atoms with E-state index in [1.807, 2.05) is 17.5 Å². The van der Waals surface area contributed by atoms with Gasteiger partial charge in [0.25, 0.3) is 5.91 Å². The zero-order valence-corrected chi connectivity index (χ0v) is 18.3. The van der Waals surface area contributed by atoms with Gasteiger partial charge in [-0.05, 0) is 54.7 Å². The van der Waals surface area contributed by atoms with Crippen molar-refractivity contribution in [2.45, 2.75) is 24.2 Å².